The van der Waals surface area contributed by atoms with Crippen LogP contribution in [0.4, 0.5) is 11.6 Å². The molecular weight excluding hydrogens is 392 g/mol. The summed E-state index contributed by atoms with van der Waals surface area (Å²) < 4.78 is 0.891. The number of hydrogen-bond acceptors (Lipinski definition) is 4. The third kappa shape index (κ3) is 3.70. The summed E-state index contributed by atoms with van der Waals surface area (Å²) in [5.74, 6) is 0.659. The van der Waals surface area contributed by atoms with Crippen molar-refractivity contribution >= 4 is 45.1 Å². The highest BCUT2D eigenvalue weighted by Gasteiger charge is 2.30. The van der Waals surface area contributed by atoms with E-state index in [1.165, 1.54) is 0 Å². The molecule has 1 amide bonds. The Morgan fingerprint density at radius 1 is 1.38 bits per heavy atom. The standard InChI is InChI=1S/C17H18BrClN4O/c1-22(15-6-5-13(18)10-14(15)19)16(24)12-4-2-9-23(11-12)17-20-7-3-8-21-17/h3,5-8,10,12H,2,4,9,11H2,1H3. The van der Waals surface area contributed by atoms with Crippen molar-refractivity contribution in [2.45, 2.75) is 12.8 Å². The van der Waals surface area contributed by atoms with Gasteiger partial charge in [-0.05, 0) is 37.1 Å². The van der Waals surface area contributed by atoms with Gasteiger partial charge in [-0.1, -0.05) is 27.5 Å². The molecule has 2 heterocycles. The molecule has 5 nitrogen and oxygen atoms in total. The lowest BCUT2D eigenvalue weighted by atomic mass is 9.96. The number of piperidine rings is 1. The highest BCUT2D eigenvalue weighted by molar-refractivity contribution is 9.10. The molecule has 3 rings (SSSR count). The molecule has 1 saturated heterocycles. The van der Waals surface area contributed by atoms with Crippen molar-refractivity contribution in [3.63, 3.8) is 0 Å². The molecule has 2 aromatic rings. The lowest BCUT2D eigenvalue weighted by Crippen LogP contribution is -2.44. The van der Waals surface area contributed by atoms with Crippen LogP contribution in [0.3, 0.4) is 0 Å². The molecule has 1 aliphatic heterocycles. The van der Waals surface area contributed by atoms with Gasteiger partial charge in [-0.2, -0.15) is 0 Å². The summed E-state index contributed by atoms with van der Waals surface area (Å²) in [6.45, 7) is 1.50. The number of benzene rings is 1. The number of hydrogen-bond donors (Lipinski definition) is 0. The molecule has 1 atom stereocenters. The van der Waals surface area contributed by atoms with E-state index in [0.29, 0.717) is 17.5 Å². The van der Waals surface area contributed by atoms with Gasteiger partial charge in [0.1, 0.15) is 0 Å². The molecule has 0 aliphatic carbocycles. The van der Waals surface area contributed by atoms with Crippen LogP contribution in [0.15, 0.2) is 41.1 Å². The molecule has 1 aliphatic rings. The second-order valence-corrected chi connectivity index (χ2v) is 7.15. The topological polar surface area (TPSA) is 49.3 Å². The van der Waals surface area contributed by atoms with E-state index in [1.807, 2.05) is 12.1 Å². The van der Waals surface area contributed by atoms with Crippen LogP contribution < -0.4 is 9.80 Å². The van der Waals surface area contributed by atoms with Crippen LogP contribution in [0, 0.1) is 5.92 Å². The van der Waals surface area contributed by atoms with E-state index in [4.69, 9.17) is 11.6 Å². The van der Waals surface area contributed by atoms with Crippen molar-refractivity contribution in [1.29, 1.82) is 0 Å². The molecule has 1 aromatic heterocycles. The summed E-state index contributed by atoms with van der Waals surface area (Å²) in [6, 6.07) is 7.33. The van der Waals surface area contributed by atoms with Gasteiger partial charge in [0.05, 0.1) is 16.6 Å². The first-order valence-electron chi connectivity index (χ1n) is 7.81. The van der Waals surface area contributed by atoms with Crippen LogP contribution in [0.5, 0.6) is 0 Å². The van der Waals surface area contributed by atoms with Gasteiger partial charge in [-0.3, -0.25) is 4.79 Å². The Kier molecular flexibility index (Phi) is 5.36. The maximum absolute atomic E-state index is 12.9. The first-order valence-corrected chi connectivity index (χ1v) is 8.98. The molecule has 1 aromatic carbocycles. The van der Waals surface area contributed by atoms with Crippen molar-refractivity contribution in [2.24, 2.45) is 5.92 Å². The van der Waals surface area contributed by atoms with E-state index in [1.54, 1.807) is 36.5 Å². The smallest absolute Gasteiger partial charge is 0.231 e. The Bertz CT molecular complexity index is 728. The number of carbonyl (C=O) groups excluding carboxylic acids is 1. The van der Waals surface area contributed by atoms with Gasteiger partial charge in [-0.25, -0.2) is 9.97 Å². The lowest BCUT2D eigenvalue weighted by molar-refractivity contribution is -0.122. The Morgan fingerprint density at radius 2 is 2.12 bits per heavy atom. The Balaban J connectivity index is 1.74. The molecule has 0 radical (unpaired) electrons. The molecule has 1 unspecified atom stereocenters. The zero-order valence-electron chi connectivity index (χ0n) is 13.3. The van der Waals surface area contributed by atoms with Crippen molar-refractivity contribution in [2.75, 3.05) is 29.9 Å². The van der Waals surface area contributed by atoms with Gasteiger partial charge in [0.15, 0.2) is 0 Å². The highest BCUT2D eigenvalue weighted by Crippen LogP contribution is 2.30. The van der Waals surface area contributed by atoms with Crippen LogP contribution >= 0.6 is 27.5 Å². The number of nitrogens with zero attached hydrogens (tertiary/aromatic N) is 4. The molecule has 0 saturated carbocycles. The maximum atomic E-state index is 12.9. The predicted octanol–water partition coefficient (Wildman–Crippen LogP) is 3.77. The van der Waals surface area contributed by atoms with Gasteiger partial charge in [0.25, 0.3) is 0 Å². The minimum Gasteiger partial charge on any atom is -0.340 e. The second-order valence-electron chi connectivity index (χ2n) is 5.83. The number of rotatable bonds is 3. The largest absolute Gasteiger partial charge is 0.340 e. The van der Waals surface area contributed by atoms with Crippen LogP contribution in [0.25, 0.3) is 0 Å². The molecule has 7 heteroatoms. The zero-order valence-corrected chi connectivity index (χ0v) is 15.7. The average molecular weight is 410 g/mol. The van der Waals surface area contributed by atoms with E-state index in [-0.39, 0.29) is 11.8 Å². The third-order valence-electron chi connectivity index (χ3n) is 4.21. The van der Waals surface area contributed by atoms with E-state index >= 15 is 0 Å². The Morgan fingerprint density at radius 3 is 2.83 bits per heavy atom. The van der Waals surface area contributed by atoms with E-state index < -0.39 is 0 Å². The first kappa shape index (κ1) is 17.2. The van der Waals surface area contributed by atoms with Crippen molar-refractivity contribution < 1.29 is 4.79 Å². The zero-order chi connectivity index (χ0) is 17.1. The Labute approximate surface area is 154 Å². The average Bonchev–Trinajstić information content (AvgIpc) is 2.61. The van der Waals surface area contributed by atoms with Crippen molar-refractivity contribution in [3.05, 3.63) is 46.2 Å². The van der Waals surface area contributed by atoms with Gasteiger partial charge >= 0.3 is 0 Å². The Hall–Kier alpha value is -1.66. The lowest BCUT2D eigenvalue weighted by Gasteiger charge is -2.34. The van der Waals surface area contributed by atoms with E-state index in [9.17, 15) is 4.79 Å². The van der Waals surface area contributed by atoms with Crippen LogP contribution in [-0.2, 0) is 4.79 Å². The summed E-state index contributed by atoms with van der Waals surface area (Å²) in [6.07, 6.45) is 5.25. The number of amides is 1. The summed E-state index contributed by atoms with van der Waals surface area (Å²) in [5.41, 5.74) is 0.720. The number of halogens is 2. The predicted molar refractivity (Wildman–Crippen MR) is 99.5 cm³/mol. The summed E-state index contributed by atoms with van der Waals surface area (Å²) in [7, 11) is 1.77. The monoisotopic (exact) mass is 408 g/mol. The van der Waals surface area contributed by atoms with E-state index in [2.05, 4.69) is 30.8 Å². The normalized spacial score (nSPS) is 17.6. The number of anilines is 2. The summed E-state index contributed by atoms with van der Waals surface area (Å²) in [5, 5.41) is 0.555. The quantitative estimate of drug-likeness (QED) is 0.774. The van der Waals surface area contributed by atoms with Gasteiger partial charge < -0.3 is 9.80 Å². The fraction of sp³-hybridized carbons (Fsp3) is 0.353. The number of carbonyl (C=O) groups is 1. The van der Waals surface area contributed by atoms with Gasteiger partial charge in [-0.15, -0.1) is 0 Å². The molecule has 1 fully saturated rings. The van der Waals surface area contributed by atoms with Crippen molar-refractivity contribution in [1.82, 2.24) is 9.97 Å². The molecule has 24 heavy (non-hydrogen) atoms. The molecule has 126 valence electrons. The second kappa shape index (κ2) is 7.49. The minimum atomic E-state index is -0.0905. The number of aromatic nitrogens is 2. The van der Waals surface area contributed by atoms with Crippen molar-refractivity contribution in [3.8, 4) is 0 Å². The van der Waals surface area contributed by atoms with Crippen LogP contribution in [0.2, 0.25) is 5.02 Å². The third-order valence-corrected chi connectivity index (χ3v) is 5.00. The SMILES string of the molecule is CN(C(=O)C1CCCN(c2ncccn2)C1)c1ccc(Br)cc1Cl. The first-order chi connectivity index (χ1) is 11.6. The highest BCUT2D eigenvalue weighted by atomic mass is 79.9. The summed E-state index contributed by atoms with van der Waals surface area (Å²) in [4.78, 5) is 25.2. The van der Waals surface area contributed by atoms with Gasteiger partial charge in [0.2, 0.25) is 11.9 Å². The molecular formula is C17H18BrClN4O. The fourth-order valence-corrected chi connectivity index (χ4v) is 3.76. The van der Waals surface area contributed by atoms with Crippen LogP contribution in [-0.4, -0.2) is 36.0 Å². The molecule has 0 spiro atoms. The fourth-order valence-electron chi connectivity index (χ4n) is 2.96. The molecule has 0 bridgehead atoms. The summed E-state index contributed by atoms with van der Waals surface area (Å²) >= 11 is 9.66. The van der Waals surface area contributed by atoms with Gasteiger partial charge in [0, 0.05) is 37.0 Å². The maximum Gasteiger partial charge on any atom is 0.231 e. The van der Waals surface area contributed by atoms with E-state index in [0.717, 1.165) is 29.5 Å². The minimum absolute atomic E-state index is 0.0693. The van der Waals surface area contributed by atoms with Crippen LogP contribution in [0.1, 0.15) is 12.8 Å². The molecule has 0 N–H and O–H groups in total.